The van der Waals surface area contributed by atoms with E-state index < -0.39 is 0 Å². The van der Waals surface area contributed by atoms with Crippen LogP contribution in [0.5, 0.6) is 0 Å². The number of nitrogens with zero attached hydrogens (tertiary/aromatic N) is 1. The second kappa shape index (κ2) is 7.78. The zero-order valence-corrected chi connectivity index (χ0v) is 9.09. The molecule has 0 aliphatic carbocycles. The lowest BCUT2D eigenvalue weighted by molar-refractivity contribution is 0.487. The van der Waals surface area contributed by atoms with E-state index in [9.17, 15) is 0 Å². The Balaban J connectivity index is 4.17. The Bertz CT molecular complexity index is 185. The van der Waals surface area contributed by atoms with E-state index in [4.69, 9.17) is 0 Å². The van der Waals surface area contributed by atoms with Crippen LogP contribution in [0.2, 0.25) is 0 Å². The first-order valence-electron chi connectivity index (χ1n) is 5.07. The van der Waals surface area contributed by atoms with Crippen LogP contribution in [0.4, 0.5) is 0 Å². The average Bonchev–Trinajstić information content (AvgIpc) is 2.19. The smallest absolute Gasteiger partial charge is 0.0399 e. The van der Waals surface area contributed by atoms with Crippen molar-refractivity contribution in [3.05, 3.63) is 23.9 Å². The number of allylic oxidation sites excluding steroid dienone is 4. The lowest BCUT2D eigenvalue weighted by Gasteiger charge is -2.11. The van der Waals surface area contributed by atoms with Crippen LogP contribution >= 0.6 is 0 Å². The highest BCUT2D eigenvalue weighted by atomic mass is 14.7. The van der Waals surface area contributed by atoms with E-state index in [2.05, 4.69) is 25.6 Å². The lowest BCUT2D eigenvalue weighted by Crippen LogP contribution is -1.97. The molecule has 0 radical (unpaired) electrons. The first-order chi connectivity index (χ1) is 6.28. The summed E-state index contributed by atoms with van der Waals surface area (Å²) in [6, 6.07) is 0. The average molecular weight is 179 g/mol. The van der Waals surface area contributed by atoms with Crippen molar-refractivity contribution in [2.24, 2.45) is 10.9 Å². The second-order valence-electron chi connectivity index (χ2n) is 3.23. The van der Waals surface area contributed by atoms with Gasteiger partial charge in [0.15, 0.2) is 0 Å². The van der Waals surface area contributed by atoms with Crippen LogP contribution in [0.25, 0.3) is 0 Å². The molecule has 0 aromatic rings. The second-order valence-corrected chi connectivity index (χ2v) is 3.23. The predicted molar refractivity (Wildman–Crippen MR) is 61.1 cm³/mol. The highest BCUT2D eigenvalue weighted by molar-refractivity contribution is 5.30. The third-order valence-electron chi connectivity index (χ3n) is 2.34. The zero-order valence-electron chi connectivity index (χ0n) is 9.09. The minimum atomic E-state index is 0.752. The summed E-state index contributed by atoms with van der Waals surface area (Å²) in [7, 11) is 0. The minimum Gasteiger partial charge on any atom is -0.269 e. The molecule has 13 heavy (non-hydrogen) atoms. The van der Waals surface area contributed by atoms with Gasteiger partial charge in [0.25, 0.3) is 0 Å². The van der Waals surface area contributed by atoms with Crippen molar-refractivity contribution in [1.29, 1.82) is 0 Å². The molecule has 0 spiro atoms. The van der Waals surface area contributed by atoms with Gasteiger partial charge in [0, 0.05) is 5.70 Å². The quantitative estimate of drug-likeness (QED) is 0.432. The topological polar surface area (TPSA) is 12.4 Å². The van der Waals surface area contributed by atoms with Crippen molar-refractivity contribution in [3.63, 3.8) is 0 Å². The molecule has 0 aliphatic rings. The zero-order chi connectivity index (χ0) is 10.1. The Kier molecular flexibility index (Phi) is 7.27. The molecular weight excluding hydrogens is 158 g/mol. The van der Waals surface area contributed by atoms with Crippen molar-refractivity contribution >= 4 is 6.72 Å². The van der Waals surface area contributed by atoms with Gasteiger partial charge in [-0.1, -0.05) is 38.8 Å². The fourth-order valence-electron chi connectivity index (χ4n) is 1.27. The molecule has 0 fully saturated rings. The highest BCUT2D eigenvalue weighted by Crippen LogP contribution is 2.18. The molecule has 1 heteroatoms. The fraction of sp³-hybridized carbons (Fsp3) is 0.583. The van der Waals surface area contributed by atoms with Gasteiger partial charge in [-0.15, -0.1) is 0 Å². The van der Waals surface area contributed by atoms with E-state index in [0.717, 1.165) is 18.0 Å². The van der Waals surface area contributed by atoms with Gasteiger partial charge >= 0.3 is 0 Å². The first-order valence-corrected chi connectivity index (χ1v) is 5.07. The normalized spacial score (nSPS) is 12.8. The molecule has 1 nitrogen and oxygen atoms in total. The van der Waals surface area contributed by atoms with E-state index >= 15 is 0 Å². The summed E-state index contributed by atoms with van der Waals surface area (Å²) in [5.74, 6) is 0.752. The van der Waals surface area contributed by atoms with E-state index in [1.54, 1.807) is 0 Å². The Morgan fingerprint density at radius 3 is 2.38 bits per heavy atom. The Morgan fingerprint density at radius 1 is 1.38 bits per heavy atom. The minimum absolute atomic E-state index is 0.752. The van der Waals surface area contributed by atoms with E-state index in [1.807, 2.05) is 25.2 Å². The molecule has 0 aromatic heterocycles. The monoisotopic (exact) mass is 179 g/mol. The Hall–Kier alpha value is -0.850. The van der Waals surface area contributed by atoms with Crippen LogP contribution in [0.15, 0.2) is 28.9 Å². The van der Waals surface area contributed by atoms with Crippen LogP contribution in [0.1, 0.15) is 40.0 Å². The SMILES string of the molecule is C=N/C(=C\C=C/C)CC(CC)CC. The fourth-order valence-corrected chi connectivity index (χ4v) is 1.27. The van der Waals surface area contributed by atoms with Crippen molar-refractivity contribution in [1.82, 2.24) is 0 Å². The maximum atomic E-state index is 4.02. The maximum Gasteiger partial charge on any atom is 0.0399 e. The van der Waals surface area contributed by atoms with Gasteiger partial charge in [0.05, 0.1) is 0 Å². The summed E-state index contributed by atoms with van der Waals surface area (Å²) in [4.78, 5) is 4.02. The van der Waals surface area contributed by atoms with Crippen molar-refractivity contribution in [2.45, 2.75) is 40.0 Å². The standard InChI is InChI=1S/C12H21N/c1-5-8-9-12(13-4)10-11(6-2)7-3/h5,8-9,11H,4,6-7,10H2,1-3H3/b8-5-,12-9-. The number of aliphatic imine (C=N–C) groups is 1. The van der Waals surface area contributed by atoms with Crippen LogP contribution in [0, 0.1) is 5.92 Å². The molecule has 0 amide bonds. The van der Waals surface area contributed by atoms with Gasteiger partial charge < -0.3 is 0 Å². The summed E-state index contributed by atoms with van der Waals surface area (Å²) < 4.78 is 0. The largest absolute Gasteiger partial charge is 0.269 e. The van der Waals surface area contributed by atoms with Gasteiger partial charge in [0.1, 0.15) is 0 Å². The third-order valence-corrected chi connectivity index (χ3v) is 2.34. The number of rotatable bonds is 6. The molecule has 0 saturated heterocycles. The summed E-state index contributed by atoms with van der Waals surface area (Å²) in [6.45, 7) is 10.0. The molecule has 0 heterocycles. The van der Waals surface area contributed by atoms with Crippen molar-refractivity contribution in [3.8, 4) is 0 Å². The molecular formula is C12H21N. The van der Waals surface area contributed by atoms with Crippen LogP contribution in [-0.2, 0) is 0 Å². The van der Waals surface area contributed by atoms with Crippen LogP contribution in [0.3, 0.4) is 0 Å². The third kappa shape index (κ3) is 5.40. The van der Waals surface area contributed by atoms with Crippen molar-refractivity contribution < 1.29 is 0 Å². The summed E-state index contributed by atoms with van der Waals surface area (Å²) in [5, 5.41) is 0. The molecule has 0 rings (SSSR count). The number of hydrogen-bond donors (Lipinski definition) is 0. The van der Waals surface area contributed by atoms with Gasteiger partial charge in [-0.05, 0) is 32.1 Å². The summed E-state index contributed by atoms with van der Waals surface area (Å²) >= 11 is 0. The van der Waals surface area contributed by atoms with E-state index in [-0.39, 0.29) is 0 Å². The first kappa shape index (κ1) is 12.2. The summed E-state index contributed by atoms with van der Waals surface area (Å²) in [5.41, 5.74) is 1.10. The lowest BCUT2D eigenvalue weighted by atomic mass is 9.97. The van der Waals surface area contributed by atoms with Gasteiger partial charge in [0.2, 0.25) is 0 Å². The maximum absolute atomic E-state index is 4.02. The molecule has 0 atom stereocenters. The molecule has 0 bridgehead atoms. The molecule has 74 valence electrons. The van der Waals surface area contributed by atoms with Gasteiger partial charge in [-0.3, -0.25) is 4.99 Å². The van der Waals surface area contributed by atoms with Crippen molar-refractivity contribution in [2.75, 3.05) is 0 Å². The van der Waals surface area contributed by atoms with Gasteiger partial charge in [-0.2, -0.15) is 0 Å². The van der Waals surface area contributed by atoms with E-state index in [1.165, 1.54) is 12.8 Å². The summed E-state index contributed by atoms with van der Waals surface area (Å²) in [6.07, 6.45) is 9.58. The van der Waals surface area contributed by atoms with Crippen LogP contribution < -0.4 is 0 Å². The Morgan fingerprint density at radius 2 is 2.00 bits per heavy atom. The molecule has 0 aromatic carbocycles. The van der Waals surface area contributed by atoms with Gasteiger partial charge in [-0.25, -0.2) is 0 Å². The number of hydrogen-bond acceptors (Lipinski definition) is 1. The van der Waals surface area contributed by atoms with E-state index in [0.29, 0.717) is 0 Å². The molecule has 0 unspecified atom stereocenters. The molecule has 0 aliphatic heterocycles. The highest BCUT2D eigenvalue weighted by Gasteiger charge is 2.04. The Labute approximate surface area is 82.3 Å². The van der Waals surface area contributed by atoms with Crippen LogP contribution in [-0.4, -0.2) is 6.72 Å². The predicted octanol–water partition coefficient (Wildman–Crippen LogP) is 3.97. The molecule has 0 N–H and O–H groups in total. The molecule has 0 saturated carbocycles.